The molecule has 0 spiro atoms. The molecule has 3 aromatic rings. The Bertz CT molecular complexity index is 1120. The van der Waals surface area contributed by atoms with E-state index in [0.29, 0.717) is 17.5 Å². The number of nitrogens with one attached hydrogen (secondary N) is 1. The fourth-order valence-electron chi connectivity index (χ4n) is 3.31. The Balaban J connectivity index is 1.69. The molecule has 0 unspecified atom stereocenters. The van der Waals surface area contributed by atoms with Crippen molar-refractivity contribution in [3.8, 4) is 12.0 Å². The number of rotatable bonds is 5. The maximum Gasteiger partial charge on any atom is 0.252 e. The van der Waals surface area contributed by atoms with Crippen LogP contribution in [0.4, 0.5) is 23.1 Å². The van der Waals surface area contributed by atoms with Crippen LogP contribution in [0.15, 0.2) is 41.0 Å². The quantitative estimate of drug-likeness (QED) is 0.628. The normalized spacial score (nSPS) is 14.7. The molecule has 31 heavy (non-hydrogen) atoms. The molecule has 1 fully saturated rings. The number of hydrogen-bond acceptors (Lipinski definition) is 10. The minimum absolute atomic E-state index is 0.262. The molecule has 0 saturated carbocycles. The van der Waals surface area contributed by atoms with Gasteiger partial charge in [0.05, 0.1) is 6.20 Å². The van der Waals surface area contributed by atoms with Gasteiger partial charge >= 0.3 is 0 Å². The van der Waals surface area contributed by atoms with Crippen LogP contribution in [0.5, 0.6) is 0 Å². The summed E-state index contributed by atoms with van der Waals surface area (Å²) in [5.41, 5.74) is 1.81. The van der Waals surface area contributed by atoms with Crippen molar-refractivity contribution < 1.29 is 0 Å². The van der Waals surface area contributed by atoms with E-state index < -0.39 is 0 Å². The standard InChI is InChI=1S/C20H23N11/c1-14-11-16(30-9-7-29(3)8-10-30)26-18(22-2)17(14)27-28-19-15(12-21)13-25-31(19)20-23-5-4-6-24-20/h4-6,11,13H,7-10H2,1-3H3,(H,22,26). The highest BCUT2D eigenvalue weighted by Gasteiger charge is 2.19. The first-order chi connectivity index (χ1) is 15.1. The predicted molar refractivity (Wildman–Crippen MR) is 116 cm³/mol. The van der Waals surface area contributed by atoms with Crippen molar-refractivity contribution >= 4 is 23.1 Å². The largest absolute Gasteiger partial charge is 0.371 e. The Hall–Kier alpha value is -3.91. The van der Waals surface area contributed by atoms with Crippen LogP contribution >= 0.6 is 0 Å². The Labute approximate surface area is 180 Å². The second-order valence-electron chi connectivity index (χ2n) is 7.19. The molecule has 0 radical (unpaired) electrons. The first-order valence-corrected chi connectivity index (χ1v) is 9.91. The summed E-state index contributed by atoms with van der Waals surface area (Å²) in [6.07, 6.45) is 4.62. The lowest BCUT2D eigenvalue weighted by Crippen LogP contribution is -2.44. The molecule has 158 valence electrons. The Morgan fingerprint density at radius 1 is 1.13 bits per heavy atom. The third kappa shape index (κ3) is 4.19. The maximum atomic E-state index is 9.45. The fourth-order valence-corrected chi connectivity index (χ4v) is 3.31. The van der Waals surface area contributed by atoms with Gasteiger partial charge in [0.25, 0.3) is 5.95 Å². The summed E-state index contributed by atoms with van der Waals surface area (Å²) in [5, 5.41) is 25.5. The zero-order valence-electron chi connectivity index (χ0n) is 17.7. The number of nitrogens with zero attached hydrogens (tertiary/aromatic N) is 10. The SMILES string of the molecule is CNc1nc(N2CCN(C)CC2)cc(C)c1N=Nc1c(C#N)cnn1-c1ncccn1. The van der Waals surface area contributed by atoms with Crippen LogP contribution in [0.25, 0.3) is 5.95 Å². The molecule has 1 saturated heterocycles. The number of anilines is 2. The van der Waals surface area contributed by atoms with Gasteiger partial charge in [-0.3, -0.25) is 0 Å². The average molecular weight is 417 g/mol. The number of aryl methyl sites for hydroxylation is 1. The lowest BCUT2D eigenvalue weighted by atomic mass is 10.2. The van der Waals surface area contributed by atoms with Crippen LogP contribution in [0, 0.1) is 18.3 Å². The third-order valence-corrected chi connectivity index (χ3v) is 5.08. The summed E-state index contributed by atoms with van der Waals surface area (Å²) in [6, 6.07) is 5.81. The lowest BCUT2D eigenvalue weighted by molar-refractivity contribution is 0.312. The molecule has 1 N–H and O–H groups in total. The number of pyridine rings is 1. The molecule has 0 atom stereocenters. The number of likely N-dealkylation sites (N-methyl/N-ethyl adjacent to an activating group) is 1. The molecule has 11 nitrogen and oxygen atoms in total. The van der Waals surface area contributed by atoms with Gasteiger partial charge in [0.15, 0.2) is 11.6 Å². The van der Waals surface area contributed by atoms with Gasteiger partial charge in [-0.1, -0.05) is 0 Å². The molecule has 3 aromatic heterocycles. The van der Waals surface area contributed by atoms with Crippen LogP contribution in [0.1, 0.15) is 11.1 Å². The van der Waals surface area contributed by atoms with Crippen molar-refractivity contribution in [1.29, 1.82) is 5.26 Å². The maximum absolute atomic E-state index is 9.45. The van der Waals surface area contributed by atoms with E-state index in [9.17, 15) is 5.26 Å². The van der Waals surface area contributed by atoms with E-state index in [1.807, 2.05) is 13.0 Å². The summed E-state index contributed by atoms with van der Waals surface area (Å²) in [4.78, 5) is 17.7. The van der Waals surface area contributed by atoms with Crippen molar-refractivity contribution in [3.63, 3.8) is 0 Å². The van der Waals surface area contributed by atoms with E-state index in [1.54, 1.807) is 25.5 Å². The van der Waals surface area contributed by atoms with Crippen LogP contribution in [0.2, 0.25) is 0 Å². The highest BCUT2D eigenvalue weighted by molar-refractivity contribution is 5.68. The van der Waals surface area contributed by atoms with Gasteiger partial charge < -0.3 is 15.1 Å². The van der Waals surface area contributed by atoms with Gasteiger partial charge in [0.1, 0.15) is 23.1 Å². The van der Waals surface area contributed by atoms with E-state index in [2.05, 4.69) is 53.5 Å². The summed E-state index contributed by atoms with van der Waals surface area (Å²) in [5.74, 6) is 2.11. The van der Waals surface area contributed by atoms with Crippen LogP contribution < -0.4 is 10.2 Å². The number of piperazine rings is 1. The number of azo groups is 1. The smallest absolute Gasteiger partial charge is 0.252 e. The Kier molecular flexibility index (Phi) is 5.81. The van der Waals surface area contributed by atoms with Crippen molar-refractivity contribution in [2.45, 2.75) is 6.92 Å². The van der Waals surface area contributed by atoms with Gasteiger partial charge in [0, 0.05) is 45.6 Å². The Morgan fingerprint density at radius 3 is 2.55 bits per heavy atom. The number of aromatic nitrogens is 5. The average Bonchev–Trinajstić information content (AvgIpc) is 3.21. The van der Waals surface area contributed by atoms with Crippen molar-refractivity contribution in [2.24, 2.45) is 10.2 Å². The topological polar surface area (TPSA) is 124 Å². The van der Waals surface area contributed by atoms with Crippen molar-refractivity contribution in [3.05, 3.63) is 41.9 Å². The van der Waals surface area contributed by atoms with Crippen LogP contribution in [0.3, 0.4) is 0 Å². The van der Waals surface area contributed by atoms with Gasteiger partial charge in [0.2, 0.25) is 0 Å². The highest BCUT2D eigenvalue weighted by Crippen LogP contribution is 2.33. The van der Waals surface area contributed by atoms with Gasteiger partial charge in [-0.05, 0) is 31.7 Å². The molecule has 4 rings (SSSR count). The summed E-state index contributed by atoms with van der Waals surface area (Å²) in [7, 11) is 3.93. The number of nitriles is 1. The van der Waals surface area contributed by atoms with Gasteiger partial charge in [-0.25, -0.2) is 15.0 Å². The molecular weight excluding hydrogens is 394 g/mol. The summed E-state index contributed by atoms with van der Waals surface area (Å²) >= 11 is 0. The predicted octanol–water partition coefficient (Wildman–Crippen LogP) is 2.45. The molecule has 11 heteroatoms. The Morgan fingerprint density at radius 2 is 1.87 bits per heavy atom. The van der Waals surface area contributed by atoms with Gasteiger partial charge in [-0.15, -0.1) is 10.2 Å². The van der Waals surface area contributed by atoms with E-state index in [-0.39, 0.29) is 11.4 Å². The second-order valence-corrected chi connectivity index (χ2v) is 7.19. The number of hydrogen-bond donors (Lipinski definition) is 1. The van der Waals surface area contributed by atoms with Crippen LogP contribution in [-0.4, -0.2) is 69.9 Å². The van der Waals surface area contributed by atoms with Crippen LogP contribution in [-0.2, 0) is 0 Å². The summed E-state index contributed by atoms with van der Waals surface area (Å²) in [6.45, 7) is 5.82. The molecule has 0 amide bonds. The third-order valence-electron chi connectivity index (χ3n) is 5.08. The zero-order valence-corrected chi connectivity index (χ0v) is 17.7. The molecule has 1 aliphatic heterocycles. The second kappa shape index (κ2) is 8.85. The monoisotopic (exact) mass is 417 g/mol. The fraction of sp³-hybridized carbons (Fsp3) is 0.350. The van der Waals surface area contributed by atoms with Crippen molar-refractivity contribution in [2.75, 3.05) is 50.5 Å². The first kappa shape index (κ1) is 20.4. The zero-order chi connectivity index (χ0) is 21.8. The molecule has 0 aromatic carbocycles. The first-order valence-electron chi connectivity index (χ1n) is 9.91. The highest BCUT2D eigenvalue weighted by atomic mass is 15.4. The molecular formula is C20H23N11. The summed E-state index contributed by atoms with van der Waals surface area (Å²) < 4.78 is 1.39. The molecule has 0 bridgehead atoms. The lowest BCUT2D eigenvalue weighted by Gasteiger charge is -2.33. The van der Waals surface area contributed by atoms with Gasteiger partial charge in [-0.2, -0.15) is 15.0 Å². The molecule has 4 heterocycles. The molecule has 0 aliphatic carbocycles. The van der Waals surface area contributed by atoms with E-state index in [4.69, 9.17) is 4.98 Å². The van der Waals surface area contributed by atoms with Crippen molar-refractivity contribution in [1.82, 2.24) is 29.6 Å². The minimum atomic E-state index is 0.262. The minimum Gasteiger partial charge on any atom is -0.371 e. The van der Waals surface area contributed by atoms with E-state index in [1.165, 1.54) is 10.9 Å². The van der Waals surface area contributed by atoms with E-state index in [0.717, 1.165) is 37.6 Å². The molecule has 1 aliphatic rings. The van der Waals surface area contributed by atoms with E-state index >= 15 is 0 Å².